The van der Waals surface area contributed by atoms with Gasteiger partial charge in [-0.15, -0.1) is 0 Å². The first-order valence-corrected chi connectivity index (χ1v) is 6.93. The number of likely N-dealkylation sites (tertiary alicyclic amines) is 1. The highest BCUT2D eigenvalue weighted by Crippen LogP contribution is 2.21. The molecule has 2 unspecified atom stereocenters. The van der Waals surface area contributed by atoms with Crippen LogP contribution in [0.1, 0.15) is 44.2 Å². The van der Waals surface area contributed by atoms with Crippen molar-refractivity contribution in [3.8, 4) is 0 Å². The third-order valence-corrected chi connectivity index (χ3v) is 3.99. The lowest BCUT2D eigenvalue weighted by molar-refractivity contribution is 0.191. The van der Waals surface area contributed by atoms with Crippen LogP contribution < -0.4 is 5.73 Å². The Morgan fingerprint density at radius 1 is 1.06 bits per heavy atom. The van der Waals surface area contributed by atoms with Gasteiger partial charge < -0.3 is 5.73 Å². The average Bonchev–Trinajstić information content (AvgIpc) is 2.67. The molecule has 3 heteroatoms. The first-order chi connectivity index (χ1) is 8.68. The molecular formula is C15H23FN2. The molecule has 0 saturated carbocycles. The van der Waals surface area contributed by atoms with E-state index < -0.39 is 0 Å². The molecule has 1 heterocycles. The lowest BCUT2D eigenvalue weighted by Crippen LogP contribution is -2.41. The second-order valence-corrected chi connectivity index (χ2v) is 5.27. The number of nitrogens with two attached hydrogens (primary N) is 1. The number of benzene rings is 1. The molecule has 1 aromatic carbocycles. The lowest BCUT2D eigenvalue weighted by Gasteiger charge is -2.32. The third kappa shape index (κ3) is 3.30. The normalized spacial score (nSPS) is 21.3. The van der Waals surface area contributed by atoms with Crippen molar-refractivity contribution in [3.63, 3.8) is 0 Å². The Morgan fingerprint density at radius 2 is 1.61 bits per heavy atom. The van der Waals surface area contributed by atoms with Gasteiger partial charge in [0.1, 0.15) is 5.82 Å². The van der Waals surface area contributed by atoms with Crippen LogP contribution in [0.4, 0.5) is 4.39 Å². The zero-order valence-corrected chi connectivity index (χ0v) is 11.1. The Kier molecular flexibility index (Phi) is 4.72. The molecule has 18 heavy (non-hydrogen) atoms. The summed E-state index contributed by atoms with van der Waals surface area (Å²) in [7, 11) is 0. The summed E-state index contributed by atoms with van der Waals surface area (Å²) in [6, 6.07) is 6.86. The molecule has 2 rings (SSSR count). The van der Waals surface area contributed by atoms with E-state index in [9.17, 15) is 4.39 Å². The van der Waals surface area contributed by atoms with Crippen molar-refractivity contribution < 1.29 is 4.39 Å². The Hall–Kier alpha value is -0.930. The molecule has 2 nitrogen and oxygen atoms in total. The maximum atomic E-state index is 12.9. The second kappa shape index (κ2) is 6.30. The summed E-state index contributed by atoms with van der Waals surface area (Å²) in [5.41, 5.74) is 7.33. The number of halogens is 1. The molecule has 0 radical (unpaired) electrons. The van der Waals surface area contributed by atoms with Gasteiger partial charge in [0.05, 0.1) is 0 Å². The molecule has 0 bridgehead atoms. The van der Waals surface area contributed by atoms with Gasteiger partial charge in [-0.3, -0.25) is 4.90 Å². The van der Waals surface area contributed by atoms with Gasteiger partial charge in [-0.2, -0.15) is 0 Å². The molecule has 100 valence electrons. The number of hydrogen-bond acceptors (Lipinski definition) is 2. The highest BCUT2D eigenvalue weighted by molar-refractivity contribution is 5.20. The highest BCUT2D eigenvalue weighted by Gasteiger charge is 2.22. The first-order valence-electron chi connectivity index (χ1n) is 6.93. The highest BCUT2D eigenvalue weighted by atomic mass is 19.1. The molecule has 1 aliphatic rings. The predicted molar refractivity (Wildman–Crippen MR) is 72.8 cm³/mol. The standard InChI is InChI=1S/C15H23FN2/c1-12(18-10-4-2-3-5-11-18)15(17)13-6-8-14(16)9-7-13/h6-9,12,15H,2-5,10-11,17H2,1H3. The average molecular weight is 250 g/mol. The fourth-order valence-electron chi connectivity index (χ4n) is 2.69. The third-order valence-electron chi connectivity index (χ3n) is 3.99. The van der Waals surface area contributed by atoms with Crippen molar-refractivity contribution in [2.24, 2.45) is 5.73 Å². The van der Waals surface area contributed by atoms with Crippen LogP contribution in [0.15, 0.2) is 24.3 Å². The Labute approximate surface area is 109 Å². The molecule has 1 saturated heterocycles. The fraction of sp³-hybridized carbons (Fsp3) is 0.600. The van der Waals surface area contributed by atoms with Crippen LogP contribution in [0.3, 0.4) is 0 Å². The first kappa shape index (κ1) is 13.5. The minimum Gasteiger partial charge on any atom is -0.323 e. The zero-order chi connectivity index (χ0) is 13.0. The van der Waals surface area contributed by atoms with E-state index in [4.69, 9.17) is 5.73 Å². The van der Waals surface area contributed by atoms with Crippen LogP contribution in [0.5, 0.6) is 0 Å². The molecule has 0 spiro atoms. The molecule has 0 aromatic heterocycles. The quantitative estimate of drug-likeness (QED) is 0.893. The monoisotopic (exact) mass is 250 g/mol. The summed E-state index contributed by atoms with van der Waals surface area (Å²) in [5, 5.41) is 0. The number of hydrogen-bond donors (Lipinski definition) is 1. The van der Waals surface area contributed by atoms with E-state index in [0.717, 1.165) is 18.7 Å². The van der Waals surface area contributed by atoms with E-state index in [2.05, 4.69) is 11.8 Å². The predicted octanol–water partition coefficient (Wildman–Crippen LogP) is 3.09. The summed E-state index contributed by atoms with van der Waals surface area (Å²) in [5.74, 6) is -0.201. The van der Waals surface area contributed by atoms with Crippen molar-refractivity contribution in [3.05, 3.63) is 35.6 Å². The van der Waals surface area contributed by atoms with Gasteiger partial charge >= 0.3 is 0 Å². The van der Waals surface area contributed by atoms with Gasteiger partial charge in [0.25, 0.3) is 0 Å². The van der Waals surface area contributed by atoms with Crippen molar-refractivity contribution >= 4 is 0 Å². The van der Waals surface area contributed by atoms with Gasteiger partial charge in [-0.25, -0.2) is 4.39 Å². The minimum absolute atomic E-state index is 0.0382. The molecule has 0 amide bonds. The SMILES string of the molecule is CC(C(N)c1ccc(F)cc1)N1CCCCCC1. The van der Waals surface area contributed by atoms with Crippen molar-refractivity contribution in [2.45, 2.75) is 44.7 Å². The molecule has 2 atom stereocenters. The van der Waals surface area contributed by atoms with E-state index in [-0.39, 0.29) is 11.9 Å². The lowest BCUT2D eigenvalue weighted by atomic mass is 10.00. The van der Waals surface area contributed by atoms with Crippen LogP contribution >= 0.6 is 0 Å². The van der Waals surface area contributed by atoms with Crippen molar-refractivity contribution in [1.29, 1.82) is 0 Å². The van der Waals surface area contributed by atoms with Gasteiger partial charge in [-0.1, -0.05) is 25.0 Å². The van der Waals surface area contributed by atoms with Crippen LogP contribution in [0.2, 0.25) is 0 Å². The summed E-state index contributed by atoms with van der Waals surface area (Å²) < 4.78 is 12.9. The van der Waals surface area contributed by atoms with E-state index >= 15 is 0 Å². The topological polar surface area (TPSA) is 29.3 Å². The second-order valence-electron chi connectivity index (χ2n) is 5.27. The molecule has 2 N–H and O–H groups in total. The van der Waals surface area contributed by atoms with Gasteiger partial charge in [0.2, 0.25) is 0 Å². The molecule has 1 aromatic rings. The van der Waals surface area contributed by atoms with E-state index in [1.165, 1.54) is 37.8 Å². The smallest absolute Gasteiger partial charge is 0.123 e. The summed E-state index contributed by atoms with van der Waals surface area (Å²) in [6.45, 7) is 4.45. The summed E-state index contributed by atoms with van der Waals surface area (Å²) in [6.07, 6.45) is 5.19. The van der Waals surface area contributed by atoms with Gasteiger partial charge in [0.15, 0.2) is 0 Å². The van der Waals surface area contributed by atoms with Crippen LogP contribution in [0.25, 0.3) is 0 Å². The summed E-state index contributed by atoms with van der Waals surface area (Å²) >= 11 is 0. The van der Waals surface area contributed by atoms with E-state index in [1.54, 1.807) is 12.1 Å². The van der Waals surface area contributed by atoms with E-state index in [0.29, 0.717) is 6.04 Å². The maximum absolute atomic E-state index is 12.9. The molecular weight excluding hydrogens is 227 g/mol. The molecule has 1 fully saturated rings. The minimum atomic E-state index is -0.201. The zero-order valence-electron chi connectivity index (χ0n) is 11.1. The van der Waals surface area contributed by atoms with Crippen LogP contribution in [-0.2, 0) is 0 Å². The molecule has 0 aliphatic carbocycles. The Balaban J connectivity index is 2.02. The Morgan fingerprint density at radius 3 is 2.17 bits per heavy atom. The van der Waals surface area contributed by atoms with E-state index in [1.807, 2.05) is 0 Å². The summed E-state index contributed by atoms with van der Waals surface area (Å²) in [4.78, 5) is 2.47. The fourth-order valence-corrected chi connectivity index (χ4v) is 2.69. The Bertz CT molecular complexity index is 355. The number of rotatable bonds is 3. The van der Waals surface area contributed by atoms with Crippen LogP contribution in [-0.4, -0.2) is 24.0 Å². The van der Waals surface area contributed by atoms with Gasteiger partial charge in [0, 0.05) is 12.1 Å². The number of nitrogens with zero attached hydrogens (tertiary/aromatic N) is 1. The van der Waals surface area contributed by atoms with Crippen molar-refractivity contribution in [1.82, 2.24) is 4.90 Å². The maximum Gasteiger partial charge on any atom is 0.123 e. The van der Waals surface area contributed by atoms with Gasteiger partial charge in [-0.05, 0) is 50.6 Å². The van der Waals surface area contributed by atoms with Crippen molar-refractivity contribution in [2.75, 3.05) is 13.1 Å². The molecule has 1 aliphatic heterocycles. The largest absolute Gasteiger partial charge is 0.323 e. The van der Waals surface area contributed by atoms with Crippen LogP contribution in [0, 0.1) is 5.82 Å².